The molecule has 2 aromatic rings. The third kappa shape index (κ3) is 5.99. The van der Waals surface area contributed by atoms with Gasteiger partial charge in [0.25, 0.3) is 5.91 Å². The van der Waals surface area contributed by atoms with Gasteiger partial charge in [-0.25, -0.2) is 0 Å². The molecular formula is C22H28BrNO3. The van der Waals surface area contributed by atoms with E-state index >= 15 is 0 Å². The number of halogens is 1. The van der Waals surface area contributed by atoms with Crippen LogP contribution in [0.4, 0.5) is 0 Å². The lowest BCUT2D eigenvalue weighted by Gasteiger charge is -2.20. The van der Waals surface area contributed by atoms with E-state index in [-0.39, 0.29) is 24.0 Å². The van der Waals surface area contributed by atoms with Crippen molar-refractivity contribution in [2.24, 2.45) is 0 Å². The van der Waals surface area contributed by atoms with Crippen LogP contribution in [-0.4, -0.2) is 19.6 Å². The van der Waals surface area contributed by atoms with Crippen LogP contribution in [0.3, 0.4) is 0 Å². The average molecular weight is 434 g/mol. The van der Waals surface area contributed by atoms with Gasteiger partial charge in [-0.05, 0) is 63.2 Å². The van der Waals surface area contributed by atoms with E-state index in [1.807, 2.05) is 49.4 Å². The van der Waals surface area contributed by atoms with Crippen LogP contribution in [0, 0.1) is 0 Å². The molecule has 0 bridgehead atoms. The highest BCUT2D eigenvalue weighted by atomic mass is 79.9. The number of benzene rings is 2. The molecule has 1 atom stereocenters. The van der Waals surface area contributed by atoms with E-state index < -0.39 is 0 Å². The third-order valence-corrected chi connectivity index (χ3v) is 5.04. The van der Waals surface area contributed by atoms with E-state index in [0.29, 0.717) is 5.75 Å². The molecule has 0 saturated carbocycles. The number of methoxy groups -OCH3 is 1. The van der Waals surface area contributed by atoms with Crippen molar-refractivity contribution in [2.75, 3.05) is 13.7 Å². The Morgan fingerprint density at radius 3 is 2.33 bits per heavy atom. The van der Waals surface area contributed by atoms with Crippen LogP contribution in [0.15, 0.2) is 46.9 Å². The molecule has 5 heteroatoms. The van der Waals surface area contributed by atoms with Crippen molar-refractivity contribution in [1.82, 2.24) is 5.32 Å². The first-order chi connectivity index (χ1) is 12.7. The van der Waals surface area contributed by atoms with Gasteiger partial charge in [-0.1, -0.05) is 45.9 Å². The van der Waals surface area contributed by atoms with Crippen molar-refractivity contribution < 1.29 is 14.3 Å². The summed E-state index contributed by atoms with van der Waals surface area (Å²) in [6, 6.07) is 13.6. The maximum Gasteiger partial charge on any atom is 0.258 e. The van der Waals surface area contributed by atoms with Crippen molar-refractivity contribution in [3.05, 3.63) is 58.1 Å². The Balaban J connectivity index is 1.96. The van der Waals surface area contributed by atoms with Crippen LogP contribution in [0.5, 0.6) is 11.5 Å². The Bertz CT molecular complexity index is 766. The molecule has 0 aliphatic heterocycles. The lowest BCUT2D eigenvalue weighted by Crippen LogP contribution is -2.32. The fourth-order valence-electron chi connectivity index (χ4n) is 2.72. The largest absolute Gasteiger partial charge is 0.497 e. The molecule has 0 fully saturated rings. The normalized spacial score (nSPS) is 12.4. The maximum atomic E-state index is 12.3. The number of ether oxygens (including phenoxy) is 2. The SMILES string of the molecule is CCC(NC(=O)COc1ccc(C(C)(C)C)cc1Br)c1ccc(OC)cc1. The zero-order valence-corrected chi connectivity index (χ0v) is 18.2. The molecule has 1 amide bonds. The summed E-state index contributed by atoms with van der Waals surface area (Å²) in [5, 5.41) is 3.03. The van der Waals surface area contributed by atoms with Gasteiger partial charge in [-0.2, -0.15) is 0 Å². The second-order valence-electron chi connectivity index (χ2n) is 7.49. The van der Waals surface area contributed by atoms with Crippen LogP contribution in [-0.2, 0) is 10.2 Å². The number of rotatable bonds is 7. The molecule has 2 rings (SSSR count). The minimum Gasteiger partial charge on any atom is -0.497 e. The second-order valence-corrected chi connectivity index (χ2v) is 8.34. The molecule has 0 aliphatic rings. The summed E-state index contributed by atoms with van der Waals surface area (Å²) < 4.78 is 11.7. The first-order valence-electron chi connectivity index (χ1n) is 9.10. The molecule has 0 heterocycles. The molecule has 1 N–H and O–H groups in total. The maximum absolute atomic E-state index is 12.3. The monoisotopic (exact) mass is 433 g/mol. The highest BCUT2D eigenvalue weighted by Gasteiger charge is 2.17. The number of nitrogens with one attached hydrogen (secondary N) is 1. The molecular weight excluding hydrogens is 406 g/mol. The minimum absolute atomic E-state index is 0.0277. The fraction of sp³-hybridized carbons (Fsp3) is 0.409. The van der Waals surface area contributed by atoms with Crippen molar-refractivity contribution in [3.8, 4) is 11.5 Å². The first-order valence-corrected chi connectivity index (χ1v) is 9.90. The summed E-state index contributed by atoms with van der Waals surface area (Å²) in [6.45, 7) is 8.49. The van der Waals surface area contributed by atoms with Crippen molar-refractivity contribution in [1.29, 1.82) is 0 Å². The predicted octanol–water partition coefficient (Wildman–Crippen LogP) is 5.40. The first kappa shape index (κ1) is 21.3. The van der Waals surface area contributed by atoms with Gasteiger partial charge in [0.2, 0.25) is 0 Å². The summed E-state index contributed by atoms with van der Waals surface area (Å²) in [7, 11) is 1.64. The zero-order chi connectivity index (χ0) is 20.0. The molecule has 0 spiro atoms. The molecule has 0 saturated heterocycles. The van der Waals surface area contributed by atoms with Gasteiger partial charge >= 0.3 is 0 Å². The molecule has 27 heavy (non-hydrogen) atoms. The van der Waals surface area contributed by atoms with Gasteiger partial charge in [0.1, 0.15) is 11.5 Å². The molecule has 146 valence electrons. The number of amides is 1. The molecule has 2 aromatic carbocycles. The van der Waals surface area contributed by atoms with Crippen LogP contribution in [0.1, 0.15) is 51.3 Å². The molecule has 0 aliphatic carbocycles. The zero-order valence-electron chi connectivity index (χ0n) is 16.6. The summed E-state index contributed by atoms with van der Waals surface area (Å²) in [5.74, 6) is 1.31. The van der Waals surface area contributed by atoms with Crippen LogP contribution < -0.4 is 14.8 Å². The van der Waals surface area contributed by atoms with Gasteiger partial charge in [0, 0.05) is 0 Å². The predicted molar refractivity (Wildman–Crippen MR) is 113 cm³/mol. The molecule has 0 radical (unpaired) electrons. The van der Waals surface area contributed by atoms with E-state index in [2.05, 4.69) is 42.0 Å². The Morgan fingerprint density at radius 1 is 1.15 bits per heavy atom. The quantitative estimate of drug-likeness (QED) is 0.635. The fourth-order valence-corrected chi connectivity index (χ4v) is 3.21. The van der Waals surface area contributed by atoms with Crippen LogP contribution in [0.2, 0.25) is 0 Å². The van der Waals surface area contributed by atoms with Crippen molar-refractivity contribution >= 4 is 21.8 Å². The van der Waals surface area contributed by atoms with Crippen molar-refractivity contribution in [2.45, 2.75) is 45.6 Å². The van der Waals surface area contributed by atoms with Crippen LogP contribution >= 0.6 is 15.9 Å². The minimum atomic E-state index is -0.149. The summed E-state index contributed by atoms with van der Waals surface area (Å²) in [4.78, 5) is 12.3. The second kappa shape index (κ2) is 9.27. The summed E-state index contributed by atoms with van der Waals surface area (Å²) in [6.07, 6.45) is 0.794. The van der Waals surface area contributed by atoms with Crippen molar-refractivity contribution in [3.63, 3.8) is 0 Å². The third-order valence-electron chi connectivity index (χ3n) is 4.42. The summed E-state index contributed by atoms with van der Waals surface area (Å²) in [5.41, 5.74) is 2.31. The number of carbonyl (C=O) groups is 1. The lowest BCUT2D eigenvalue weighted by atomic mass is 9.87. The molecule has 0 aromatic heterocycles. The number of hydrogen-bond acceptors (Lipinski definition) is 3. The Hall–Kier alpha value is -2.01. The Kier molecular flexibility index (Phi) is 7.31. The lowest BCUT2D eigenvalue weighted by molar-refractivity contribution is -0.123. The van der Waals surface area contributed by atoms with Gasteiger partial charge in [0.05, 0.1) is 17.6 Å². The smallest absolute Gasteiger partial charge is 0.258 e. The Labute approximate surface area is 170 Å². The van der Waals surface area contributed by atoms with Gasteiger partial charge in [0.15, 0.2) is 6.61 Å². The van der Waals surface area contributed by atoms with Gasteiger partial charge < -0.3 is 14.8 Å². The van der Waals surface area contributed by atoms with E-state index in [1.54, 1.807) is 7.11 Å². The van der Waals surface area contributed by atoms with Gasteiger partial charge in [-0.3, -0.25) is 4.79 Å². The van der Waals surface area contributed by atoms with Gasteiger partial charge in [-0.15, -0.1) is 0 Å². The topological polar surface area (TPSA) is 47.6 Å². The number of carbonyl (C=O) groups excluding carboxylic acids is 1. The molecule has 1 unspecified atom stereocenters. The van der Waals surface area contributed by atoms with Crippen LogP contribution in [0.25, 0.3) is 0 Å². The highest BCUT2D eigenvalue weighted by Crippen LogP contribution is 2.31. The highest BCUT2D eigenvalue weighted by molar-refractivity contribution is 9.10. The van der Waals surface area contributed by atoms with E-state index in [0.717, 1.165) is 22.2 Å². The Morgan fingerprint density at radius 2 is 1.81 bits per heavy atom. The van der Waals surface area contributed by atoms with E-state index in [9.17, 15) is 4.79 Å². The average Bonchev–Trinajstić information content (AvgIpc) is 2.64. The summed E-state index contributed by atoms with van der Waals surface area (Å²) >= 11 is 3.54. The number of hydrogen-bond donors (Lipinski definition) is 1. The van der Waals surface area contributed by atoms with E-state index in [4.69, 9.17) is 9.47 Å². The van der Waals surface area contributed by atoms with E-state index in [1.165, 1.54) is 5.56 Å². The molecule has 4 nitrogen and oxygen atoms in total. The standard InChI is InChI=1S/C22H28BrNO3/c1-6-19(15-7-10-17(26-5)11-8-15)24-21(25)14-27-20-12-9-16(13-18(20)23)22(2,3)4/h7-13,19H,6,14H2,1-5H3,(H,24,25).